The zero-order valence-electron chi connectivity index (χ0n) is 17.0. The quantitative estimate of drug-likeness (QED) is 0.237. The highest BCUT2D eigenvalue weighted by molar-refractivity contribution is 8.22. The SMILES string of the molecule is Nc1ccccc1NC(=O)c1ccc(CSC(=S)N2CCc3ccc([N+](=O)[O-])cc32)cc1. The molecule has 3 aromatic carbocycles. The summed E-state index contributed by atoms with van der Waals surface area (Å²) >= 11 is 7.09. The first kappa shape index (κ1) is 21.8. The number of rotatable bonds is 5. The predicted octanol–water partition coefficient (Wildman–Crippen LogP) is 5.01. The number of fused-ring (bicyclic) bond motifs is 1. The van der Waals surface area contributed by atoms with E-state index in [-0.39, 0.29) is 11.6 Å². The highest BCUT2D eigenvalue weighted by Crippen LogP contribution is 2.34. The van der Waals surface area contributed by atoms with Gasteiger partial charge in [-0.05, 0) is 41.8 Å². The number of hydrogen-bond acceptors (Lipinski definition) is 6. The van der Waals surface area contributed by atoms with E-state index in [0.29, 0.717) is 33.6 Å². The largest absolute Gasteiger partial charge is 0.397 e. The van der Waals surface area contributed by atoms with Crippen LogP contribution in [0.1, 0.15) is 21.5 Å². The maximum absolute atomic E-state index is 12.5. The molecule has 1 amide bonds. The molecule has 0 aliphatic carbocycles. The van der Waals surface area contributed by atoms with Crippen molar-refractivity contribution in [2.45, 2.75) is 12.2 Å². The second-order valence-electron chi connectivity index (χ2n) is 7.26. The van der Waals surface area contributed by atoms with Crippen molar-refractivity contribution in [3.05, 3.63) is 93.5 Å². The van der Waals surface area contributed by atoms with Gasteiger partial charge in [0.05, 0.1) is 22.0 Å². The van der Waals surface area contributed by atoms with Crippen LogP contribution in [0.3, 0.4) is 0 Å². The molecule has 1 aliphatic heterocycles. The molecule has 0 unspecified atom stereocenters. The summed E-state index contributed by atoms with van der Waals surface area (Å²) in [5, 5.41) is 13.9. The third-order valence-electron chi connectivity index (χ3n) is 5.18. The standard InChI is InChI=1S/C23H20N4O3S2/c24-19-3-1-2-4-20(19)25-22(28)17-7-5-15(6-8-17)14-32-23(31)26-12-11-16-9-10-18(27(29)30)13-21(16)26/h1-10,13H,11-12,14,24H2,(H,25,28). The molecule has 0 atom stereocenters. The first-order chi connectivity index (χ1) is 15.4. The van der Waals surface area contributed by atoms with Gasteiger partial charge in [0.1, 0.15) is 4.32 Å². The van der Waals surface area contributed by atoms with E-state index in [1.807, 2.05) is 29.2 Å². The second-order valence-corrected chi connectivity index (χ2v) is 8.87. The number of nitrogens with zero attached hydrogens (tertiary/aromatic N) is 2. The molecule has 9 heteroatoms. The first-order valence-electron chi connectivity index (χ1n) is 9.89. The van der Waals surface area contributed by atoms with Crippen molar-refractivity contribution >= 4 is 57.0 Å². The topological polar surface area (TPSA) is 102 Å². The van der Waals surface area contributed by atoms with Crippen LogP contribution < -0.4 is 16.0 Å². The molecule has 0 bridgehead atoms. The molecule has 0 saturated carbocycles. The minimum atomic E-state index is -0.392. The number of non-ortho nitro benzene ring substituents is 1. The van der Waals surface area contributed by atoms with Gasteiger partial charge in [0.25, 0.3) is 11.6 Å². The monoisotopic (exact) mass is 464 g/mol. The number of hydrogen-bond donors (Lipinski definition) is 2. The van der Waals surface area contributed by atoms with Gasteiger partial charge in [0, 0.05) is 30.0 Å². The number of amides is 1. The van der Waals surface area contributed by atoms with E-state index in [0.717, 1.165) is 23.2 Å². The van der Waals surface area contributed by atoms with Crippen LogP contribution in [-0.4, -0.2) is 21.7 Å². The van der Waals surface area contributed by atoms with Crippen molar-refractivity contribution in [1.29, 1.82) is 0 Å². The van der Waals surface area contributed by atoms with Crippen LogP contribution in [-0.2, 0) is 12.2 Å². The smallest absolute Gasteiger partial charge is 0.271 e. The maximum Gasteiger partial charge on any atom is 0.271 e. The third-order valence-corrected chi connectivity index (χ3v) is 6.70. The Kier molecular flexibility index (Phi) is 6.38. The Bertz CT molecular complexity index is 1200. The molecule has 3 N–H and O–H groups in total. The number of carbonyl (C=O) groups excluding carboxylic acids is 1. The van der Waals surface area contributed by atoms with Crippen LogP contribution >= 0.6 is 24.0 Å². The Morgan fingerprint density at radius 1 is 1.16 bits per heavy atom. The molecule has 32 heavy (non-hydrogen) atoms. The van der Waals surface area contributed by atoms with Crippen molar-refractivity contribution in [2.75, 3.05) is 22.5 Å². The number of nitrogens with one attached hydrogen (secondary N) is 1. The first-order valence-corrected chi connectivity index (χ1v) is 11.3. The number of nitrogens with two attached hydrogens (primary N) is 1. The molecule has 1 aliphatic rings. The highest BCUT2D eigenvalue weighted by Gasteiger charge is 2.25. The van der Waals surface area contributed by atoms with Crippen molar-refractivity contribution in [1.82, 2.24) is 0 Å². The third kappa shape index (κ3) is 4.74. The molecule has 0 radical (unpaired) electrons. The van der Waals surface area contributed by atoms with Crippen LogP contribution in [0.2, 0.25) is 0 Å². The molecule has 0 fully saturated rings. The van der Waals surface area contributed by atoms with E-state index in [1.54, 1.807) is 36.4 Å². The molecule has 0 saturated heterocycles. The van der Waals surface area contributed by atoms with Gasteiger partial charge in [-0.2, -0.15) is 0 Å². The maximum atomic E-state index is 12.5. The molecule has 7 nitrogen and oxygen atoms in total. The summed E-state index contributed by atoms with van der Waals surface area (Å²) in [5.74, 6) is 0.403. The van der Waals surface area contributed by atoms with E-state index in [1.165, 1.54) is 17.8 Å². The van der Waals surface area contributed by atoms with Crippen LogP contribution in [0.5, 0.6) is 0 Å². The number of thioether (sulfide) groups is 1. The second kappa shape index (κ2) is 9.37. The van der Waals surface area contributed by atoms with Gasteiger partial charge < -0.3 is 16.0 Å². The number of para-hydroxylation sites is 2. The normalized spacial score (nSPS) is 12.3. The van der Waals surface area contributed by atoms with E-state index in [9.17, 15) is 14.9 Å². The fraction of sp³-hybridized carbons (Fsp3) is 0.130. The molecular weight excluding hydrogens is 444 g/mol. The number of anilines is 3. The lowest BCUT2D eigenvalue weighted by Gasteiger charge is -2.19. The molecule has 162 valence electrons. The Labute approximate surface area is 194 Å². The van der Waals surface area contributed by atoms with Crippen LogP contribution in [0, 0.1) is 10.1 Å². The molecule has 0 spiro atoms. The van der Waals surface area contributed by atoms with Gasteiger partial charge in [-0.1, -0.05) is 54.3 Å². The van der Waals surface area contributed by atoms with E-state index < -0.39 is 4.92 Å². The number of thiocarbonyl (C=S) groups is 1. The highest BCUT2D eigenvalue weighted by atomic mass is 32.2. The average Bonchev–Trinajstić information content (AvgIpc) is 3.22. The van der Waals surface area contributed by atoms with E-state index in [4.69, 9.17) is 18.0 Å². The lowest BCUT2D eigenvalue weighted by atomic mass is 10.1. The number of benzene rings is 3. The van der Waals surface area contributed by atoms with Gasteiger partial charge in [-0.25, -0.2) is 0 Å². The summed E-state index contributed by atoms with van der Waals surface area (Å²) in [6.07, 6.45) is 0.809. The summed E-state index contributed by atoms with van der Waals surface area (Å²) in [6.45, 7) is 0.712. The van der Waals surface area contributed by atoms with Crippen molar-refractivity contribution in [3.63, 3.8) is 0 Å². The minimum absolute atomic E-state index is 0.0644. The van der Waals surface area contributed by atoms with Gasteiger partial charge in [0.15, 0.2) is 0 Å². The molecule has 0 aromatic heterocycles. The van der Waals surface area contributed by atoms with E-state index in [2.05, 4.69) is 5.32 Å². The summed E-state index contributed by atoms with van der Waals surface area (Å²) in [4.78, 5) is 25.1. The average molecular weight is 465 g/mol. The minimum Gasteiger partial charge on any atom is -0.397 e. The van der Waals surface area contributed by atoms with Gasteiger partial charge in [0.2, 0.25) is 0 Å². The van der Waals surface area contributed by atoms with Crippen LogP contribution in [0.15, 0.2) is 66.7 Å². The van der Waals surface area contributed by atoms with Gasteiger partial charge in [-0.15, -0.1) is 0 Å². The zero-order valence-corrected chi connectivity index (χ0v) is 18.6. The van der Waals surface area contributed by atoms with Gasteiger partial charge >= 0.3 is 0 Å². The number of nitrogen functional groups attached to an aromatic ring is 1. The number of nitro groups is 1. The Morgan fingerprint density at radius 2 is 1.91 bits per heavy atom. The molecular formula is C23H20N4O3S2. The number of carbonyl (C=O) groups is 1. The summed E-state index contributed by atoms with van der Waals surface area (Å²) in [7, 11) is 0. The Hall–Kier alpha value is -3.43. The fourth-order valence-corrected chi connectivity index (χ4v) is 4.65. The van der Waals surface area contributed by atoms with Crippen LogP contribution in [0.25, 0.3) is 0 Å². The van der Waals surface area contributed by atoms with E-state index >= 15 is 0 Å². The zero-order chi connectivity index (χ0) is 22.7. The summed E-state index contributed by atoms with van der Waals surface area (Å²) in [6, 6.07) is 19.3. The number of nitro benzene ring substituents is 1. The predicted molar refractivity (Wildman–Crippen MR) is 133 cm³/mol. The Balaban J connectivity index is 1.37. The van der Waals surface area contributed by atoms with Crippen molar-refractivity contribution in [2.24, 2.45) is 0 Å². The van der Waals surface area contributed by atoms with Crippen molar-refractivity contribution in [3.8, 4) is 0 Å². The summed E-state index contributed by atoms with van der Waals surface area (Å²) < 4.78 is 0.672. The van der Waals surface area contributed by atoms with Crippen LogP contribution in [0.4, 0.5) is 22.7 Å². The summed E-state index contributed by atoms with van der Waals surface area (Å²) in [5.41, 5.74) is 10.5. The molecule has 1 heterocycles. The lowest BCUT2D eigenvalue weighted by Crippen LogP contribution is -2.24. The lowest BCUT2D eigenvalue weighted by molar-refractivity contribution is -0.384. The Morgan fingerprint density at radius 3 is 2.62 bits per heavy atom. The molecule has 3 aromatic rings. The molecule has 4 rings (SSSR count). The van der Waals surface area contributed by atoms with Crippen molar-refractivity contribution < 1.29 is 9.72 Å². The fourth-order valence-electron chi connectivity index (χ4n) is 3.45. The van der Waals surface area contributed by atoms with Gasteiger partial charge in [-0.3, -0.25) is 14.9 Å².